The molecule has 0 aliphatic carbocycles. The number of aryl methyl sites for hydroxylation is 2. The van der Waals surface area contributed by atoms with Gasteiger partial charge in [-0.05, 0) is 62.2 Å². The van der Waals surface area contributed by atoms with Crippen molar-refractivity contribution in [2.45, 2.75) is 26.8 Å². The Bertz CT molecular complexity index is 970. The number of rotatable bonds is 7. The number of carbonyl (C=O) groups excluding carboxylic acids is 1. The number of hydrogen-bond acceptors (Lipinski definition) is 5. The fourth-order valence-electron chi connectivity index (χ4n) is 2.86. The number of carbonyl (C=O) groups is 1. The number of amides is 1. The summed E-state index contributed by atoms with van der Waals surface area (Å²) in [6.45, 7) is 5.85. The van der Waals surface area contributed by atoms with Crippen molar-refractivity contribution >= 4 is 5.91 Å². The van der Waals surface area contributed by atoms with Gasteiger partial charge in [-0.15, -0.1) is 0 Å². The Morgan fingerprint density at radius 3 is 2.59 bits per heavy atom. The molecule has 29 heavy (non-hydrogen) atoms. The molecule has 0 aliphatic rings. The third-order valence-electron chi connectivity index (χ3n) is 4.52. The van der Waals surface area contributed by atoms with E-state index < -0.39 is 0 Å². The monoisotopic (exact) mass is 391 g/mol. The third kappa shape index (κ3) is 5.39. The fourth-order valence-corrected chi connectivity index (χ4v) is 2.86. The van der Waals surface area contributed by atoms with E-state index in [4.69, 9.17) is 9.84 Å². The summed E-state index contributed by atoms with van der Waals surface area (Å²) < 4.78 is 5.57. The maximum absolute atomic E-state index is 12.9. The zero-order chi connectivity index (χ0) is 20.8. The molecule has 0 saturated carbocycles. The molecular weight excluding hydrogens is 366 g/mol. The van der Waals surface area contributed by atoms with Crippen LogP contribution in [0.25, 0.3) is 11.3 Å². The molecule has 0 saturated heterocycles. The van der Waals surface area contributed by atoms with Gasteiger partial charge < -0.3 is 15.2 Å². The number of nitrogens with one attached hydrogen (secondary N) is 1. The van der Waals surface area contributed by atoms with E-state index in [-0.39, 0.29) is 25.2 Å². The van der Waals surface area contributed by atoms with Gasteiger partial charge in [0.25, 0.3) is 5.91 Å². The summed E-state index contributed by atoms with van der Waals surface area (Å²) in [4.78, 5) is 21.6. The van der Waals surface area contributed by atoms with Gasteiger partial charge in [-0.25, -0.2) is 0 Å². The summed E-state index contributed by atoms with van der Waals surface area (Å²) >= 11 is 0. The molecule has 150 valence electrons. The lowest BCUT2D eigenvalue weighted by Gasteiger charge is -2.16. The SMILES string of the molecule is Cc1ccc(-c2cc(OCCO)cc(C(=O)N[C@H](C)c3ccc(C)nc3)c2)nc1. The van der Waals surface area contributed by atoms with E-state index in [1.165, 1.54) is 0 Å². The minimum atomic E-state index is -0.221. The number of aliphatic hydroxyl groups excluding tert-OH is 1. The Morgan fingerprint density at radius 1 is 1.10 bits per heavy atom. The van der Waals surface area contributed by atoms with Crippen LogP contribution in [0, 0.1) is 13.8 Å². The molecule has 2 heterocycles. The Hall–Kier alpha value is -3.25. The first-order valence-corrected chi connectivity index (χ1v) is 9.51. The second-order valence-electron chi connectivity index (χ2n) is 6.97. The van der Waals surface area contributed by atoms with E-state index >= 15 is 0 Å². The summed E-state index contributed by atoms with van der Waals surface area (Å²) in [6, 6.07) is 12.8. The summed E-state index contributed by atoms with van der Waals surface area (Å²) in [5, 5.41) is 12.1. The number of hydrogen-bond donors (Lipinski definition) is 2. The highest BCUT2D eigenvalue weighted by Crippen LogP contribution is 2.26. The van der Waals surface area contributed by atoms with Crippen LogP contribution < -0.4 is 10.1 Å². The van der Waals surface area contributed by atoms with Gasteiger partial charge in [-0.3, -0.25) is 14.8 Å². The number of aromatic nitrogens is 2. The van der Waals surface area contributed by atoms with E-state index in [1.54, 1.807) is 24.5 Å². The summed E-state index contributed by atoms with van der Waals surface area (Å²) in [6.07, 6.45) is 3.55. The normalized spacial score (nSPS) is 11.7. The first kappa shape index (κ1) is 20.5. The van der Waals surface area contributed by atoms with Gasteiger partial charge in [0, 0.05) is 29.2 Å². The van der Waals surface area contributed by atoms with Crippen LogP contribution in [0.4, 0.5) is 0 Å². The van der Waals surface area contributed by atoms with Gasteiger partial charge in [0.15, 0.2) is 0 Å². The highest BCUT2D eigenvalue weighted by atomic mass is 16.5. The Balaban J connectivity index is 1.87. The van der Waals surface area contributed by atoms with E-state index in [0.717, 1.165) is 28.1 Å². The molecule has 0 aliphatic heterocycles. The first-order valence-electron chi connectivity index (χ1n) is 9.51. The smallest absolute Gasteiger partial charge is 0.251 e. The number of pyridine rings is 2. The fraction of sp³-hybridized carbons (Fsp3) is 0.261. The number of ether oxygens (including phenoxy) is 1. The van der Waals surface area contributed by atoms with Crippen LogP contribution in [0.1, 0.15) is 40.1 Å². The second-order valence-corrected chi connectivity index (χ2v) is 6.97. The molecule has 2 aromatic heterocycles. The highest BCUT2D eigenvalue weighted by Gasteiger charge is 2.15. The van der Waals surface area contributed by atoms with Crippen LogP contribution >= 0.6 is 0 Å². The molecule has 6 nitrogen and oxygen atoms in total. The van der Waals surface area contributed by atoms with E-state index in [9.17, 15) is 4.79 Å². The summed E-state index contributed by atoms with van der Waals surface area (Å²) in [5.74, 6) is 0.287. The third-order valence-corrected chi connectivity index (χ3v) is 4.52. The quantitative estimate of drug-likeness (QED) is 0.643. The van der Waals surface area contributed by atoms with Gasteiger partial charge in [0.05, 0.1) is 18.3 Å². The average molecular weight is 391 g/mol. The Labute approximate surface area is 170 Å². The Morgan fingerprint density at radius 2 is 1.93 bits per heavy atom. The van der Waals surface area contributed by atoms with Crippen LogP contribution in [-0.2, 0) is 0 Å². The van der Waals surface area contributed by atoms with Gasteiger partial charge in [0.1, 0.15) is 12.4 Å². The molecule has 0 unspecified atom stereocenters. The van der Waals surface area contributed by atoms with Gasteiger partial charge >= 0.3 is 0 Å². The van der Waals surface area contributed by atoms with Crippen LogP contribution in [0.2, 0.25) is 0 Å². The van der Waals surface area contributed by atoms with Crippen LogP contribution in [-0.4, -0.2) is 34.2 Å². The predicted molar refractivity (Wildman–Crippen MR) is 112 cm³/mol. The summed E-state index contributed by atoms with van der Waals surface area (Å²) in [7, 11) is 0. The average Bonchev–Trinajstić information content (AvgIpc) is 2.73. The zero-order valence-electron chi connectivity index (χ0n) is 16.8. The first-order chi connectivity index (χ1) is 14.0. The molecule has 1 amide bonds. The van der Waals surface area contributed by atoms with Crippen molar-refractivity contribution < 1.29 is 14.6 Å². The second kappa shape index (κ2) is 9.30. The van der Waals surface area contributed by atoms with Gasteiger partial charge in [-0.1, -0.05) is 12.1 Å². The van der Waals surface area contributed by atoms with Crippen LogP contribution in [0.3, 0.4) is 0 Å². The number of aliphatic hydroxyl groups is 1. The maximum atomic E-state index is 12.9. The molecule has 0 bridgehead atoms. The lowest BCUT2D eigenvalue weighted by atomic mass is 10.0. The molecule has 0 fully saturated rings. The molecule has 3 rings (SSSR count). The van der Waals surface area contributed by atoms with E-state index in [1.807, 2.05) is 51.1 Å². The van der Waals surface area contributed by atoms with Crippen LogP contribution in [0.15, 0.2) is 54.9 Å². The van der Waals surface area contributed by atoms with Crippen molar-refractivity contribution in [3.8, 4) is 17.0 Å². The maximum Gasteiger partial charge on any atom is 0.251 e. The molecule has 1 atom stereocenters. The molecule has 6 heteroatoms. The summed E-state index contributed by atoms with van der Waals surface area (Å²) in [5.41, 5.74) is 4.89. The molecule has 1 aromatic carbocycles. The van der Waals surface area contributed by atoms with Crippen molar-refractivity contribution in [2.24, 2.45) is 0 Å². The van der Waals surface area contributed by atoms with Crippen molar-refractivity contribution in [1.82, 2.24) is 15.3 Å². The zero-order valence-corrected chi connectivity index (χ0v) is 16.8. The van der Waals surface area contributed by atoms with Crippen LogP contribution in [0.5, 0.6) is 5.75 Å². The van der Waals surface area contributed by atoms with Crippen molar-refractivity contribution in [3.05, 3.63) is 77.2 Å². The topological polar surface area (TPSA) is 84.3 Å². The van der Waals surface area contributed by atoms with E-state index in [2.05, 4.69) is 15.3 Å². The predicted octanol–water partition coefficient (Wildman–Crippen LogP) is 3.62. The molecule has 0 radical (unpaired) electrons. The lowest BCUT2D eigenvalue weighted by molar-refractivity contribution is 0.0939. The number of benzene rings is 1. The van der Waals surface area contributed by atoms with Gasteiger partial charge in [-0.2, -0.15) is 0 Å². The minimum absolute atomic E-state index is 0.105. The standard InChI is InChI=1S/C23H25N3O3/c1-15-4-7-22(25-13-15)19-10-20(12-21(11-19)29-9-8-27)23(28)26-17(3)18-6-5-16(2)24-14-18/h4-7,10-14,17,27H,8-9H2,1-3H3,(H,26,28)/t17-/m1/s1. The molecule has 0 spiro atoms. The van der Waals surface area contributed by atoms with Gasteiger partial charge in [0.2, 0.25) is 0 Å². The Kier molecular flexibility index (Phi) is 6.57. The molecule has 2 N–H and O–H groups in total. The minimum Gasteiger partial charge on any atom is -0.491 e. The van der Waals surface area contributed by atoms with Crippen molar-refractivity contribution in [3.63, 3.8) is 0 Å². The number of nitrogens with zero attached hydrogens (tertiary/aromatic N) is 2. The molecular formula is C23H25N3O3. The largest absolute Gasteiger partial charge is 0.491 e. The lowest BCUT2D eigenvalue weighted by Crippen LogP contribution is -2.26. The van der Waals surface area contributed by atoms with Crippen molar-refractivity contribution in [2.75, 3.05) is 13.2 Å². The van der Waals surface area contributed by atoms with Crippen molar-refractivity contribution in [1.29, 1.82) is 0 Å². The highest BCUT2D eigenvalue weighted by molar-refractivity contribution is 5.96. The molecule has 3 aromatic rings. The van der Waals surface area contributed by atoms with E-state index in [0.29, 0.717) is 11.3 Å².